The highest BCUT2D eigenvalue weighted by Gasteiger charge is 2.15. The minimum absolute atomic E-state index is 0.0726. The van der Waals surface area contributed by atoms with Gasteiger partial charge in [-0.05, 0) is 25.1 Å². The molecule has 0 bridgehead atoms. The summed E-state index contributed by atoms with van der Waals surface area (Å²) in [6, 6.07) is 4.55. The van der Waals surface area contributed by atoms with Crippen molar-refractivity contribution >= 4 is 12.0 Å². The first-order valence-corrected chi connectivity index (χ1v) is 6.46. The van der Waals surface area contributed by atoms with E-state index in [0.29, 0.717) is 11.5 Å². The molecule has 0 aliphatic carbocycles. The van der Waals surface area contributed by atoms with Crippen molar-refractivity contribution in [3.63, 3.8) is 0 Å². The van der Waals surface area contributed by atoms with Gasteiger partial charge in [0.2, 0.25) is 0 Å². The Bertz CT molecular complexity index is 504. The van der Waals surface area contributed by atoms with E-state index in [4.69, 9.17) is 14.6 Å². The van der Waals surface area contributed by atoms with E-state index in [2.05, 4.69) is 10.6 Å². The lowest BCUT2D eigenvalue weighted by molar-refractivity contribution is -0.136. The van der Waals surface area contributed by atoms with Crippen molar-refractivity contribution in [3.05, 3.63) is 23.8 Å². The van der Waals surface area contributed by atoms with Gasteiger partial charge in [-0.25, -0.2) is 4.79 Å². The summed E-state index contributed by atoms with van der Waals surface area (Å²) in [4.78, 5) is 22.1. The molecule has 7 heteroatoms. The quantitative estimate of drug-likeness (QED) is 0.709. The first kappa shape index (κ1) is 16.6. The fourth-order valence-electron chi connectivity index (χ4n) is 1.79. The molecule has 0 saturated heterocycles. The second-order valence-corrected chi connectivity index (χ2v) is 4.37. The number of aliphatic carboxylic acids is 1. The number of amides is 2. The van der Waals surface area contributed by atoms with Crippen LogP contribution in [-0.2, 0) is 4.79 Å². The van der Waals surface area contributed by atoms with Gasteiger partial charge in [-0.3, -0.25) is 4.79 Å². The molecule has 1 rings (SSSR count). The number of carbonyl (C=O) groups excluding carboxylic acids is 1. The normalized spacial score (nSPS) is 11.4. The summed E-state index contributed by atoms with van der Waals surface area (Å²) in [5.41, 5.74) is 0.769. The standard InChI is InChI=1S/C14H20N2O5/c1-9(16-14(19)15-7-6-13(17)18)11-8-10(20-2)4-5-12(11)21-3/h4-5,8-9H,6-7H2,1-3H3,(H,17,18)(H2,15,16,19). The van der Waals surface area contributed by atoms with Crippen molar-refractivity contribution in [1.82, 2.24) is 10.6 Å². The van der Waals surface area contributed by atoms with Crippen LogP contribution in [0.25, 0.3) is 0 Å². The molecule has 1 atom stereocenters. The predicted molar refractivity (Wildman–Crippen MR) is 76.7 cm³/mol. The number of carboxylic acids is 1. The van der Waals surface area contributed by atoms with E-state index in [1.807, 2.05) is 0 Å². The molecule has 0 spiro atoms. The highest BCUT2D eigenvalue weighted by molar-refractivity contribution is 5.75. The van der Waals surface area contributed by atoms with Crippen LogP contribution < -0.4 is 20.1 Å². The molecule has 0 radical (unpaired) electrons. The molecule has 1 aromatic carbocycles. The smallest absolute Gasteiger partial charge is 0.315 e. The molecule has 21 heavy (non-hydrogen) atoms. The maximum atomic E-state index is 11.7. The minimum Gasteiger partial charge on any atom is -0.497 e. The lowest BCUT2D eigenvalue weighted by Gasteiger charge is -2.18. The Kier molecular flexibility index (Phi) is 6.32. The van der Waals surface area contributed by atoms with Crippen LogP contribution in [0.1, 0.15) is 24.9 Å². The van der Waals surface area contributed by atoms with Crippen LogP contribution in [0.5, 0.6) is 11.5 Å². The number of carboxylic acid groups (broad SMARTS) is 1. The molecule has 0 aliphatic rings. The summed E-state index contributed by atoms with van der Waals surface area (Å²) >= 11 is 0. The SMILES string of the molecule is COc1ccc(OC)c(C(C)NC(=O)NCCC(=O)O)c1. The van der Waals surface area contributed by atoms with Gasteiger partial charge in [0.05, 0.1) is 26.7 Å². The maximum Gasteiger partial charge on any atom is 0.315 e. The average Bonchev–Trinajstić information content (AvgIpc) is 2.45. The van der Waals surface area contributed by atoms with Gasteiger partial charge >= 0.3 is 12.0 Å². The zero-order valence-corrected chi connectivity index (χ0v) is 12.3. The average molecular weight is 296 g/mol. The van der Waals surface area contributed by atoms with E-state index in [1.165, 1.54) is 0 Å². The van der Waals surface area contributed by atoms with Gasteiger partial charge < -0.3 is 25.2 Å². The first-order valence-electron chi connectivity index (χ1n) is 6.46. The summed E-state index contributed by atoms with van der Waals surface area (Å²) in [5.74, 6) is 0.331. The molecule has 116 valence electrons. The second kappa shape index (κ2) is 7.98. The molecular weight excluding hydrogens is 276 g/mol. The van der Waals surface area contributed by atoms with Gasteiger partial charge in [-0.15, -0.1) is 0 Å². The fraction of sp³-hybridized carbons (Fsp3) is 0.429. The third-order valence-electron chi connectivity index (χ3n) is 2.88. The maximum absolute atomic E-state index is 11.7. The van der Waals surface area contributed by atoms with Gasteiger partial charge in [0.1, 0.15) is 11.5 Å². The Morgan fingerprint density at radius 2 is 2.00 bits per heavy atom. The van der Waals surface area contributed by atoms with E-state index in [1.54, 1.807) is 39.3 Å². The summed E-state index contributed by atoms with van der Waals surface area (Å²) < 4.78 is 10.4. The molecule has 7 nitrogen and oxygen atoms in total. The Hall–Kier alpha value is -2.44. The number of carbonyl (C=O) groups is 2. The number of rotatable bonds is 7. The van der Waals surface area contributed by atoms with Gasteiger partial charge in [-0.1, -0.05) is 0 Å². The van der Waals surface area contributed by atoms with Crippen molar-refractivity contribution in [2.75, 3.05) is 20.8 Å². The molecule has 0 fully saturated rings. The second-order valence-electron chi connectivity index (χ2n) is 4.37. The lowest BCUT2D eigenvalue weighted by atomic mass is 10.1. The number of nitrogens with one attached hydrogen (secondary N) is 2. The summed E-state index contributed by atoms with van der Waals surface area (Å²) in [5, 5.41) is 13.7. The van der Waals surface area contributed by atoms with Crippen molar-refractivity contribution in [3.8, 4) is 11.5 Å². The summed E-state index contributed by atoms with van der Waals surface area (Å²) in [6.45, 7) is 1.87. The number of methoxy groups -OCH3 is 2. The van der Waals surface area contributed by atoms with E-state index in [0.717, 1.165) is 5.56 Å². The van der Waals surface area contributed by atoms with Crippen LogP contribution in [0.4, 0.5) is 4.79 Å². The van der Waals surface area contributed by atoms with Crippen LogP contribution in [0.2, 0.25) is 0 Å². The molecule has 2 amide bonds. The summed E-state index contributed by atoms with van der Waals surface area (Å²) in [7, 11) is 3.10. The molecule has 1 aromatic rings. The highest BCUT2D eigenvalue weighted by Crippen LogP contribution is 2.29. The fourth-order valence-corrected chi connectivity index (χ4v) is 1.79. The number of hydrogen-bond donors (Lipinski definition) is 3. The van der Waals surface area contributed by atoms with Crippen molar-refractivity contribution < 1.29 is 24.2 Å². The number of ether oxygens (including phenoxy) is 2. The molecule has 3 N–H and O–H groups in total. The molecular formula is C14H20N2O5. The number of benzene rings is 1. The lowest BCUT2D eigenvalue weighted by Crippen LogP contribution is -2.38. The van der Waals surface area contributed by atoms with E-state index >= 15 is 0 Å². The van der Waals surface area contributed by atoms with Crippen LogP contribution in [0.3, 0.4) is 0 Å². The Labute approximate surface area is 123 Å². The van der Waals surface area contributed by atoms with Gasteiger partial charge in [0.25, 0.3) is 0 Å². The largest absolute Gasteiger partial charge is 0.497 e. The zero-order valence-electron chi connectivity index (χ0n) is 12.3. The number of hydrogen-bond acceptors (Lipinski definition) is 4. The third-order valence-corrected chi connectivity index (χ3v) is 2.88. The predicted octanol–water partition coefficient (Wildman–Crippen LogP) is 1.54. The topological polar surface area (TPSA) is 96.9 Å². The van der Waals surface area contributed by atoms with E-state index in [-0.39, 0.29) is 19.0 Å². The zero-order chi connectivity index (χ0) is 15.8. The van der Waals surface area contributed by atoms with Gasteiger partial charge in [-0.2, -0.15) is 0 Å². The molecule has 0 aromatic heterocycles. The van der Waals surface area contributed by atoms with Crippen LogP contribution >= 0.6 is 0 Å². The monoisotopic (exact) mass is 296 g/mol. The van der Waals surface area contributed by atoms with Gasteiger partial charge in [0.15, 0.2) is 0 Å². The Morgan fingerprint density at radius 3 is 2.57 bits per heavy atom. The van der Waals surface area contributed by atoms with E-state index < -0.39 is 12.0 Å². The molecule has 0 heterocycles. The molecule has 0 aliphatic heterocycles. The number of urea groups is 1. The van der Waals surface area contributed by atoms with Crippen molar-refractivity contribution in [1.29, 1.82) is 0 Å². The van der Waals surface area contributed by atoms with Crippen LogP contribution in [-0.4, -0.2) is 37.9 Å². The third kappa shape index (κ3) is 5.21. The van der Waals surface area contributed by atoms with E-state index in [9.17, 15) is 9.59 Å². The highest BCUT2D eigenvalue weighted by atomic mass is 16.5. The molecule has 0 saturated carbocycles. The van der Waals surface area contributed by atoms with Gasteiger partial charge in [0, 0.05) is 12.1 Å². The van der Waals surface area contributed by atoms with Crippen molar-refractivity contribution in [2.45, 2.75) is 19.4 Å². The Morgan fingerprint density at radius 1 is 1.29 bits per heavy atom. The van der Waals surface area contributed by atoms with Crippen LogP contribution in [0.15, 0.2) is 18.2 Å². The molecule has 1 unspecified atom stereocenters. The minimum atomic E-state index is -0.960. The summed E-state index contributed by atoms with van der Waals surface area (Å²) in [6.07, 6.45) is -0.121. The first-order chi connectivity index (χ1) is 9.97. The Balaban J connectivity index is 2.67. The van der Waals surface area contributed by atoms with Crippen LogP contribution in [0, 0.1) is 0 Å². The van der Waals surface area contributed by atoms with Crippen molar-refractivity contribution in [2.24, 2.45) is 0 Å².